The molecule has 2 aromatic carbocycles. The average Bonchev–Trinajstić information content (AvgIpc) is 3.61. The summed E-state index contributed by atoms with van der Waals surface area (Å²) < 4.78 is 17.1. The number of carbonyl (C=O) groups is 2. The molecule has 5 rings (SSSR count). The van der Waals surface area contributed by atoms with Gasteiger partial charge in [0.05, 0.1) is 37.2 Å². The van der Waals surface area contributed by atoms with E-state index in [1.54, 1.807) is 31.5 Å². The number of nitrogens with one attached hydrogen (secondary N) is 2. The normalized spacial score (nSPS) is 16.6. The number of amides is 1. The fourth-order valence-electron chi connectivity index (χ4n) is 4.81. The molecule has 3 heterocycles. The maximum Gasteiger partial charge on any atom is 0.338 e. The topological polar surface area (TPSA) is 106 Å². The van der Waals surface area contributed by atoms with Crippen molar-refractivity contribution in [2.75, 3.05) is 24.4 Å². The minimum Gasteiger partial charge on any atom is -0.494 e. The first-order valence-electron chi connectivity index (χ1n) is 13.4. The van der Waals surface area contributed by atoms with Gasteiger partial charge in [0.15, 0.2) is 5.11 Å². The van der Waals surface area contributed by atoms with Crippen LogP contribution < -0.4 is 20.3 Å². The summed E-state index contributed by atoms with van der Waals surface area (Å²) in [7, 11) is 2.90. The van der Waals surface area contributed by atoms with Crippen LogP contribution in [0.25, 0.3) is 11.3 Å². The highest BCUT2D eigenvalue weighted by molar-refractivity contribution is 7.80. The molecule has 0 unspecified atom stereocenters. The van der Waals surface area contributed by atoms with Crippen molar-refractivity contribution in [1.29, 1.82) is 0 Å². The van der Waals surface area contributed by atoms with Crippen molar-refractivity contribution in [1.82, 2.24) is 10.3 Å². The number of thiocarbonyl (C=S) groups is 1. The van der Waals surface area contributed by atoms with Gasteiger partial charge >= 0.3 is 5.97 Å². The number of nitrogens with zero attached hydrogens (tertiary/aromatic N) is 2. The molecule has 1 aliphatic rings. The Kier molecular flexibility index (Phi) is 8.00. The number of hydrogen-bond acceptors (Lipinski definition) is 7. The van der Waals surface area contributed by atoms with Crippen molar-refractivity contribution in [3.8, 4) is 17.1 Å². The molecule has 10 heteroatoms. The van der Waals surface area contributed by atoms with Gasteiger partial charge in [0.1, 0.15) is 23.3 Å². The Morgan fingerprint density at radius 2 is 1.79 bits per heavy atom. The summed E-state index contributed by atoms with van der Waals surface area (Å²) in [5, 5.41) is 6.83. The van der Waals surface area contributed by atoms with Crippen LogP contribution in [0.3, 0.4) is 0 Å². The maximum absolute atomic E-state index is 12.7. The number of anilines is 2. The Morgan fingerprint density at radius 1 is 1.02 bits per heavy atom. The molecule has 1 saturated heterocycles. The number of hydrogen-bond donors (Lipinski definition) is 2. The predicted octanol–water partition coefficient (Wildman–Crippen LogP) is 6.30. The number of furan rings is 1. The Bertz CT molecular complexity index is 1630. The van der Waals surface area contributed by atoms with Gasteiger partial charge in [-0.2, -0.15) is 0 Å². The molecule has 0 saturated carbocycles. The second-order valence-electron chi connectivity index (χ2n) is 10.8. The first-order valence-corrected chi connectivity index (χ1v) is 13.8. The Morgan fingerprint density at radius 3 is 2.48 bits per heavy atom. The molecule has 42 heavy (non-hydrogen) atoms. The quantitative estimate of drug-likeness (QED) is 0.191. The molecule has 1 fully saturated rings. The Balaban J connectivity index is 1.58. The standard InChI is InChI=1S/C32H32N4O5S/c1-32(2,3)30(38)34-22-14-13-19(18-26(22)39-4)36-28(27(35-31(36)42)23-12-8-9-17-33-23)25-16-15-24(41-25)20-10-6-7-11-21(20)29(37)40-5/h6-18,27-28H,1-5H3,(H,34,38)(H,35,42)/t27-,28-/m0/s1. The molecule has 1 amide bonds. The lowest BCUT2D eigenvalue weighted by atomic mass is 9.95. The fraction of sp³-hybridized carbons (Fsp3) is 0.250. The zero-order chi connectivity index (χ0) is 30.0. The number of ether oxygens (including phenoxy) is 2. The minimum absolute atomic E-state index is 0.129. The van der Waals surface area contributed by atoms with E-state index in [2.05, 4.69) is 15.6 Å². The van der Waals surface area contributed by atoms with Crippen LogP contribution >= 0.6 is 12.2 Å². The molecule has 4 aromatic rings. The number of esters is 1. The zero-order valence-corrected chi connectivity index (χ0v) is 24.8. The third kappa shape index (κ3) is 5.58. The summed E-state index contributed by atoms with van der Waals surface area (Å²) >= 11 is 5.85. The lowest BCUT2D eigenvalue weighted by Gasteiger charge is -2.27. The molecule has 216 valence electrons. The van der Waals surface area contributed by atoms with E-state index in [0.29, 0.717) is 39.2 Å². The lowest BCUT2D eigenvalue weighted by molar-refractivity contribution is -0.123. The van der Waals surface area contributed by atoms with Gasteiger partial charge < -0.3 is 29.4 Å². The minimum atomic E-state index is -0.575. The number of pyridine rings is 1. The Hall–Kier alpha value is -4.70. The zero-order valence-electron chi connectivity index (χ0n) is 24.0. The van der Waals surface area contributed by atoms with Gasteiger partial charge in [-0.05, 0) is 54.7 Å². The van der Waals surface area contributed by atoms with E-state index in [4.69, 9.17) is 26.1 Å². The van der Waals surface area contributed by atoms with E-state index in [0.717, 1.165) is 11.4 Å². The Labute approximate surface area is 249 Å². The fourth-order valence-corrected chi connectivity index (χ4v) is 5.15. The highest BCUT2D eigenvalue weighted by Gasteiger charge is 2.43. The van der Waals surface area contributed by atoms with Gasteiger partial charge in [-0.3, -0.25) is 9.78 Å². The first-order chi connectivity index (χ1) is 20.1. The lowest BCUT2D eigenvalue weighted by Crippen LogP contribution is -2.30. The molecule has 0 spiro atoms. The van der Waals surface area contributed by atoms with Crippen LogP contribution in [0.4, 0.5) is 11.4 Å². The van der Waals surface area contributed by atoms with Crippen LogP contribution in [0.5, 0.6) is 5.75 Å². The van der Waals surface area contributed by atoms with Gasteiger partial charge in [-0.1, -0.05) is 45.0 Å². The van der Waals surface area contributed by atoms with Crippen LogP contribution in [-0.2, 0) is 9.53 Å². The van der Waals surface area contributed by atoms with Crippen LogP contribution in [-0.4, -0.2) is 36.2 Å². The molecule has 0 aliphatic carbocycles. The molecule has 0 bridgehead atoms. The molecular weight excluding hydrogens is 552 g/mol. The first kappa shape index (κ1) is 28.8. The van der Waals surface area contributed by atoms with Gasteiger partial charge in [0.2, 0.25) is 5.91 Å². The molecule has 9 nitrogen and oxygen atoms in total. The summed E-state index contributed by atoms with van der Waals surface area (Å²) in [6.45, 7) is 5.54. The van der Waals surface area contributed by atoms with Gasteiger partial charge in [-0.15, -0.1) is 0 Å². The summed E-state index contributed by atoms with van der Waals surface area (Å²) in [4.78, 5) is 31.7. The maximum atomic E-state index is 12.7. The number of benzene rings is 2. The molecule has 2 atom stereocenters. The van der Waals surface area contributed by atoms with Crippen molar-refractivity contribution in [3.63, 3.8) is 0 Å². The van der Waals surface area contributed by atoms with E-state index in [1.807, 2.05) is 80.3 Å². The summed E-state index contributed by atoms with van der Waals surface area (Å²) in [6, 6.07) is 21.3. The summed E-state index contributed by atoms with van der Waals surface area (Å²) in [6.07, 6.45) is 1.73. The van der Waals surface area contributed by atoms with Crippen LogP contribution in [0.15, 0.2) is 83.4 Å². The van der Waals surface area contributed by atoms with Crippen LogP contribution in [0, 0.1) is 5.41 Å². The van der Waals surface area contributed by atoms with Crippen molar-refractivity contribution in [3.05, 3.63) is 96.0 Å². The third-order valence-electron chi connectivity index (χ3n) is 7.01. The second kappa shape index (κ2) is 11.7. The van der Waals surface area contributed by atoms with E-state index < -0.39 is 17.4 Å². The number of rotatable bonds is 7. The van der Waals surface area contributed by atoms with E-state index in [1.165, 1.54) is 7.11 Å². The van der Waals surface area contributed by atoms with E-state index in [-0.39, 0.29) is 11.9 Å². The van der Waals surface area contributed by atoms with Gasteiger partial charge in [0, 0.05) is 28.9 Å². The molecule has 1 aliphatic heterocycles. The largest absolute Gasteiger partial charge is 0.494 e. The van der Waals surface area contributed by atoms with Gasteiger partial charge in [-0.25, -0.2) is 4.79 Å². The van der Waals surface area contributed by atoms with Crippen LogP contribution in [0.2, 0.25) is 0 Å². The van der Waals surface area contributed by atoms with E-state index in [9.17, 15) is 9.59 Å². The number of aromatic nitrogens is 1. The third-order valence-corrected chi connectivity index (χ3v) is 7.32. The summed E-state index contributed by atoms with van der Waals surface area (Å²) in [5.41, 5.74) is 2.50. The smallest absolute Gasteiger partial charge is 0.338 e. The SMILES string of the molecule is COC(=O)c1ccccc1-c1ccc([C@H]2[C@H](c3ccccn3)NC(=S)N2c2ccc(NC(=O)C(C)(C)C)c(OC)c2)o1. The second-order valence-corrected chi connectivity index (χ2v) is 11.2. The molecule has 0 radical (unpaired) electrons. The van der Waals surface area contributed by atoms with Crippen molar-refractivity contribution < 1.29 is 23.5 Å². The predicted molar refractivity (Wildman–Crippen MR) is 164 cm³/mol. The van der Waals surface area contributed by atoms with E-state index >= 15 is 0 Å². The summed E-state index contributed by atoms with van der Waals surface area (Å²) in [5.74, 6) is 1.03. The van der Waals surface area contributed by atoms with Gasteiger partial charge in [0.25, 0.3) is 0 Å². The molecular formula is C32H32N4O5S. The number of methoxy groups -OCH3 is 2. The highest BCUT2D eigenvalue weighted by Crippen LogP contribution is 2.44. The molecule has 2 N–H and O–H groups in total. The highest BCUT2D eigenvalue weighted by atomic mass is 32.1. The van der Waals surface area contributed by atoms with Crippen LogP contribution in [0.1, 0.15) is 54.7 Å². The van der Waals surface area contributed by atoms with Crippen molar-refractivity contribution in [2.45, 2.75) is 32.9 Å². The molecule has 2 aromatic heterocycles. The van der Waals surface area contributed by atoms with Crippen molar-refractivity contribution >= 4 is 40.6 Å². The average molecular weight is 585 g/mol. The van der Waals surface area contributed by atoms with Crippen molar-refractivity contribution in [2.24, 2.45) is 5.41 Å². The number of carbonyl (C=O) groups excluding carboxylic acids is 2. The monoisotopic (exact) mass is 584 g/mol.